The Hall–Kier alpha value is -2.08. The smallest absolute Gasteiger partial charge is 0.310 e. The molecule has 0 radical (unpaired) electrons. The molecule has 0 atom stereocenters. The van der Waals surface area contributed by atoms with Crippen molar-refractivity contribution in [3.05, 3.63) is 57.8 Å². The van der Waals surface area contributed by atoms with Crippen molar-refractivity contribution < 1.29 is 23.4 Å². The van der Waals surface area contributed by atoms with Gasteiger partial charge in [-0.1, -0.05) is 28.1 Å². The quantitative estimate of drug-likeness (QED) is 0.710. The minimum absolute atomic E-state index is 0.0764. The maximum Gasteiger partial charge on any atom is 0.310 e. The normalized spacial score (nSPS) is 10.3. The summed E-state index contributed by atoms with van der Waals surface area (Å²) in [4.78, 5) is 11.9. The van der Waals surface area contributed by atoms with E-state index in [1.807, 2.05) is 0 Å². The molecule has 4 nitrogen and oxygen atoms in total. The van der Waals surface area contributed by atoms with Crippen molar-refractivity contribution >= 4 is 21.9 Å². The Morgan fingerprint density at radius 3 is 2.48 bits per heavy atom. The van der Waals surface area contributed by atoms with Crippen LogP contribution in [0.2, 0.25) is 0 Å². The molecule has 0 bridgehead atoms. The van der Waals surface area contributed by atoms with E-state index in [9.17, 15) is 9.18 Å². The van der Waals surface area contributed by atoms with Gasteiger partial charge in [-0.05, 0) is 29.8 Å². The molecule has 2 aromatic carbocycles. The molecule has 23 heavy (non-hydrogen) atoms. The molecule has 0 amide bonds. The summed E-state index contributed by atoms with van der Waals surface area (Å²) >= 11 is 3.24. The Labute approximate surface area is 142 Å². The number of halogens is 2. The molecule has 122 valence electrons. The third-order valence-electron chi connectivity index (χ3n) is 3.20. The maximum atomic E-state index is 13.0. The van der Waals surface area contributed by atoms with E-state index in [-0.39, 0.29) is 24.8 Å². The van der Waals surface area contributed by atoms with Crippen LogP contribution in [0.5, 0.6) is 11.5 Å². The minimum atomic E-state index is -0.381. The summed E-state index contributed by atoms with van der Waals surface area (Å²) in [5, 5.41) is 0. The van der Waals surface area contributed by atoms with Crippen molar-refractivity contribution in [1.29, 1.82) is 0 Å². The first-order valence-electron chi connectivity index (χ1n) is 6.84. The van der Waals surface area contributed by atoms with Crippen LogP contribution in [-0.2, 0) is 22.6 Å². The third kappa shape index (κ3) is 4.69. The molecule has 0 spiro atoms. The van der Waals surface area contributed by atoms with Gasteiger partial charge >= 0.3 is 5.97 Å². The second kappa shape index (κ2) is 7.97. The highest BCUT2D eigenvalue weighted by Gasteiger charge is 2.10. The molecule has 0 fully saturated rings. The van der Waals surface area contributed by atoms with E-state index in [2.05, 4.69) is 15.9 Å². The lowest BCUT2D eigenvalue weighted by molar-refractivity contribution is -0.144. The fourth-order valence-corrected chi connectivity index (χ4v) is 2.47. The lowest BCUT2D eigenvalue weighted by Gasteiger charge is -2.10. The fraction of sp³-hybridized carbons (Fsp3) is 0.235. The highest BCUT2D eigenvalue weighted by molar-refractivity contribution is 9.10. The summed E-state index contributed by atoms with van der Waals surface area (Å²) in [6.45, 7) is 0.0764. The predicted octanol–water partition coefficient (Wildman–Crippen LogP) is 3.89. The predicted molar refractivity (Wildman–Crippen MR) is 87.1 cm³/mol. The van der Waals surface area contributed by atoms with Crippen LogP contribution in [0.4, 0.5) is 4.39 Å². The van der Waals surface area contributed by atoms with Gasteiger partial charge in [-0.2, -0.15) is 0 Å². The SMILES string of the molecule is COc1ccc(CC(=O)OCc2ccc(F)cc2Br)cc1OC. The van der Waals surface area contributed by atoms with Crippen LogP contribution >= 0.6 is 15.9 Å². The number of rotatable bonds is 6. The maximum absolute atomic E-state index is 13.0. The number of carbonyl (C=O) groups is 1. The van der Waals surface area contributed by atoms with E-state index in [0.717, 1.165) is 5.56 Å². The van der Waals surface area contributed by atoms with Crippen LogP contribution in [0.25, 0.3) is 0 Å². The van der Waals surface area contributed by atoms with Crippen LogP contribution in [0, 0.1) is 5.82 Å². The molecule has 0 heterocycles. The van der Waals surface area contributed by atoms with Gasteiger partial charge in [0.05, 0.1) is 20.6 Å². The highest BCUT2D eigenvalue weighted by atomic mass is 79.9. The zero-order valence-corrected chi connectivity index (χ0v) is 14.4. The Morgan fingerprint density at radius 1 is 1.09 bits per heavy atom. The second-order valence-corrected chi connectivity index (χ2v) is 5.62. The number of methoxy groups -OCH3 is 2. The number of ether oxygens (including phenoxy) is 3. The van der Waals surface area contributed by atoms with Gasteiger partial charge in [-0.15, -0.1) is 0 Å². The first-order valence-corrected chi connectivity index (χ1v) is 7.63. The standard InChI is InChI=1S/C17H16BrFO4/c1-21-15-6-3-11(7-16(15)22-2)8-17(20)23-10-12-4-5-13(19)9-14(12)18/h3-7,9H,8,10H2,1-2H3. The van der Waals surface area contributed by atoms with E-state index in [4.69, 9.17) is 14.2 Å². The van der Waals surface area contributed by atoms with Gasteiger partial charge in [-0.25, -0.2) is 4.39 Å². The van der Waals surface area contributed by atoms with Gasteiger partial charge in [-0.3, -0.25) is 4.79 Å². The number of carbonyl (C=O) groups excluding carboxylic acids is 1. The zero-order chi connectivity index (χ0) is 16.8. The molecule has 0 saturated carbocycles. The topological polar surface area (TPSA) is 44.8 Å². The van der Waals surface area contributed by atoms with Gasteiger partial charge in [0.1, 0.15) is 12.4 Å². The molecule has 0 N–H and O–H groups in total. The average Bonchev–Trinajstić information content (AvgIpc) is 2.54. The van der Waals surface area contributed by atoms with E-state index in [0.29, 0.717) is 21.5 Å². The van der Waals surface area contributed by atoms with Crippen molar-refractivity contribution in [3.8, 4) is 11.5 Å². The zero-order valence-electron chi connectivity index (χ0n) is 12.8. The van der Waals surface area contributed by atoms with Gasteiger partial charge in [0.15, 0.2) is 11.5 Å². The van der Waals surface area contributed by atoms with Crippen molar-refractivity contribution in [2.24, 2.45) is 0 Å². The number of hydrogen-bond donors (Lipinski definition) is 0. The first kappa shape index (κ1) is 17.3. The first-order chi connectivity index (χ1) is 11.0. The van der Waals surface area contributed by atoms with Crippen molar-refractivity contribution in [3.63, 3.8) is 0 Å². The number of esters is 1. The minimum Gasteiger partial charge on any atom is -0.493 e. The van der Waals surface area contributed by atoms with Crippen LogP contribution in [0.1, 0.15) is 11.1 Å². The third-order valence-corrected chi connectivity index (χ3v) is 3.94. The van der Waals surface area contributed by atoms with Gasteiger partial charge < -0.3 is 14.2 Å². The molecule has 2 rings (SSSR count). The van der Waals surface area contributed by atoms with E-state index < -0.39 is 0 Å². The molecule has 6 heteroatoms. The molecule has 0 aliphatic rings. The summed E-state index contributed by atoms with van der Waals surface area (Å²) in [5.41, 5.74) is 1.46. The molecular formula is C17H16BrFO4. The molecule has 0 unspecified atom stereocenters. The van der Waals surface area contributed by atoms with Crippen molar-refractivity contribution in [2.45, 2.75) is 13.0 Å². The molecule has 0 aliphatic heterocycles. The van der Waals surface area contributed by atoms with Gasteiger partial charge in [0.25, 0.3) is 0 Å². The van der Waals surface area contributed by atoms with E-state index in [1.54, 1.807) is 31.4 Å². The Morgan fingerprint density at radius 2 is 1.83 bits per heavy atom. The Kier molecular flexibility index (Phi) is 5.98. The summed E-state index contributed by atoms with van der Waals surface area (Å²) in [6, 6.07) is 9.46. The van der Waals surface area contributed by atoms with Crippen LogP contribution < -0.4 is 9.47 Å². The van der Waals surface area contributed by atoms with Gasteiger partial charge in [0, 0.05) is 10.0 Å². The Balaban J connectivity index is 1.97. The highest BCUT2D eigenvalue weighted by Crippen LogP contribution is 2.28. The number of benzene rings is 2. The average molecular weight is 383 g/mol. The molecule has 0 saturated heterocycles. The van der Waals surface area contributed by atoms with Crippen molar-refractivity contribution in [2.75, 3.05) is 14.2 Å². The van der Waals surface area contributed by atoms with E-state index in [1.165, 1.54) is 19.2 Å². The summed E-state index contributed by atoms with van der Waals surface area (Å²) in [5.74, 6) is 0.421. The second-order valence-electron chi connectivity index (χ2n) is 4.76. The fourth-order valence-electron chi connectivity index (χ4n) is 2.01. The lowest BCUT2D eigenvalue weighted by atomic mass is 10.1. The summed E-state index contributed by atoms with van der Waals surface area (Å²) < 4.78 is 29.1. The molecule has 0 aliphatic carbocycles. The van der Waals surface area contributed by atoms with E-state index >= 15 is 0 Å². The van der Waals surface area contributed by atoms with Gasteiger partial charge in [0.2, 0.25) is 0 Å². The molecular weight excluding hydrogens is 367 g/mol. The monoisotopic (exact) mass is 382 g/mol. The molecule has 2 aromatic rings. The van der Waals surface area contributed by atoms with Crippen LogP contribution in [0.3, 0.4) is 0 Å². The van der Waals surface area contributed by atoms with Crippen LogP contribution in [-0.4, -0.2) is 20.2 Å². The largest absolute Gasteiger partial charge is 0.493 e. The summed E-state index contributed by atoms with van der Waals surface area (Å²) in [7, 11) is 3.08. The molecule has 0 aromatic heterocycles. The van der Waals surface area contributed by atoms with Crippen molar-refractivity contribution in [1.82, 2.24) is 0 Å². The summed E-state index contributed by atoms with van der Waals surface area (Å²) in [6.07, 6.45) is 0.110. The number of hydrogen-bond acceptors (Lipinski definition) is 4. The Bertz CT molecular complexity index is 703. The van der Waals surface area contributed by atoms with Crippen LogP contribution in [0.15, 0.2) is 40.9 Å². The lowest BCUT2D eigenvalue weighted by Crippen LogP contribution is -2.08.